The second-order valence-electron chi connectivity index (χ2n) is 3.86. The van der Waals surface area contributed by atoms with E-state index in [1.54, 1.807) is 0 Å². The molecule has 1 N–H and O–H groups in total. The Balaban J connectivity index is 2.02. The Labute approximate surface area is 101 Å². The van der Waals surface area contributed by atoms with Crippen molar-refractivity contribution in [2.24, 2.45) is 5.92 Å². The Bertz CT molecular complexity index is 291. The van der Waals surface area contributed by atoms with Crippen molar-refractivity contribution in [1.29, 1.82) is 0 Å². The zero-order chi connectivity index (χ0) is 11.8. The molecule has 0 aromatic carbocycles. The first-order valence-corrected chi connectivity index (χ1v) is 5.95. The minimum Gasteiger partial charge on any atom is -0.407 e. The highest BCUT2D eigenvalue weighted by molar-refractivity contribution is 6.16. The highest BCUT2D eigenvalue weighted by Crippen LogP contribution is 2.06. The highest BCUT2D eigenvalue weighted by Gasteiger charge is 2.02. The third-order valence-electron chi connectivity index (χ3n) is 1.94. The number of rotatable bonds is 8. The number of nitrogens with one attached hydrogen (secondary N) is 1. The maximum atomic E-state index is 5.52. The van der Waals surface area contributed by atoms with Crippen LogP contribution in [-0.2, 0) is 10.6 Å². The molecule has 0 bridgehead atoms. The highest BCUT2D eigenvalue weighted by atomic mass is 35.5. The summed E-state index contributed by atoms with van der Waals surface area (Å²) in [5.74, 6) is 1.33. The molecule has 5 nitrogen and oxygen atoms in total. The summed E-state index contributed by atoms with van der Waals surface area (Å²) in [6.07, 6.45) is 1.08. The second kappa shape index (κ2) is 7.46. The minimum absolute atomic E-state index is 0.236. The SMILES string of the molecule is CC(C)CCOCCNc1nnc(CCl)o1. The van der Waals surface area contributed by atoms with Gasteiger partial charge in [0.15, 0.2) is 0 Å². The van der Waals surface area contributed by atoms with E-state index >= 15 is 0 Å². The molecule has 1 aromatic rings. The van der Waals surface area contributed by atoms with Gasteiger partial charge in [-0.2, -0.15) is 0 Å². The molecule has 0 saturated carbocycles. The van der Waals surface area contributed by atoms with Crippen LogP contribution in [0.3, 0.4) is 0 Å². The molecule has 0 radical (unpaired) electrons. The Hall–Kier alpha value is -0.810. The fourth-order valence-corrected chi connectivity index (χ4v) is 1.14. The monoisotopic (exact) mass is 247 g/mol. The molecule has 0 amide bonds. The van der Waals surface area contributed by atoms with Gasteiger partial charge in [0.25, 0.3) is 0 Å². The zero-order valence-corrected chi connectivity index (χ0v) is 10.5. The molecule has 0 atom stereocenters. The molecule has 0 fully saturated rings. The molecule has 1 heterocycles. The second-order valence-corrected chi connectivity index (χ2v) is 4.12. The average molecular weight is 248 g/mol. The first-order chi connectivity index (χ1) is 7.72. The van der Waals surface area contributed by atoms with Crippen LogP contribution >= 0.6 is 11.6 Å². The summed E-state index contributed by atoms with van der Waals surface area (Å²) in [6.45, 7) is 6.42. The summed E-state index contributed by atoms with van der Waals surface area (Å²) in [6, 6.07) is 0.392. The molecule has 0 unspecified atom stereocenters. The van der Waals surface area contributed by atoms with Crippen molar-refractivity contribution in [1.82, 2.24) is 10.2 Å². The van der Waals surface area contributed by atoms with Crippen LogP contribution in [0.25, 0.3) is 0 Å². The van der Waals surface area contributed by atoms with E-state index in [4.69, 9.17) is 20.8 Å². The van der Waals surface area contributed by atoms with E-state index in [9.17, 15) is 0 Å². The van der Waals surface area contributed by atoms with Gasteiger partial charge < -0.3 is 14.5 Å². The number of nitrogens with zero attached hydrogens (tertiary/aromatic N) is 2. The molecule has 92 valence electrons. The predicted octanol–water partition coefficient (Wildman–Crippen LogP) is 2.28. The van der Waals surface area contributed by atoms with Gasteiger partial charge in [-0.1, -0.05) is 18.9 Å². The number of hydrogen-bond donors (Lipinski definition) is 1. The molecule has 1 rings (SSSR count). The topological polar surface area (TPSA) is 60.2 Å². The summed E-state index contributed by atoms with van der Waals surface area (Å²) in [7, 11) is 0. The fourth-order valence-electron chi connectivity index (χ4n) is 1.03. The molecule has 0 saturated heterocycles. The average Bonchev–Trinajstić information content (AvgIpc) is 2.70. The lowest BCUT2D eigenvalue weighted by molar-refractivity contribution is 0.132. The summed E-state index contributed by atoms with van der Waals surface area (Å²) < 4.78 is 10.6. The van der Waals surface area contributed by atoms with Crippen LogP contribution in [0.4, 0.5) is 6.01 Å². The summed E-state index contributed by atoms with van der Waals surface area (Å²) >= 11 is 5.52. The molecule has 1 aromatic heterocycles. The van der Waals surface area contributed by atoms with Gasteiger partial charge in [-0.25, -0.2) is 0 Å². The van der Waals surface area contributed by atoms with E-state index in [2.05, 4.69) is 29.4 Å². The Morgan fingerprint density at radius 3 is 2.81 bits per heavy atom. The standard InChI is InChI=1S/C10H18ClN3O2/c1-8(2)3-5-15-6-4-12-10-14-13-9(7-11)16-10/h8H,3-7H2,1-2H3,(H,12,14). The molecule has 0 aliphatic carbocycles. The lowest BCUT2D eigenvalue weighted by Gasteiger charge is -2.06. The normalized spacial score (nSPS) is 11.0. The van der Waals surface area contributed by atoms with E-state index in [-0.39, 0.29) is 5.88 Å². The van der Waals surface area contributed by atoms with Gasteiger partial charge in [-0.05, 0) is 12.3 Å². The number of ether oxygens (including phenoxy) is 1. The van der Waals surface area contributed by atoms with E-state index in [1.807, 2.05) is 0 Å². The maximum Gasteiger partial charge on any atom is 0.315 e. The van der Waals surface area contributed by atoms with Gasteiger partial charge >= 0.3 is 6.01 Å². The van der Waals surface area contributed by atoms with Crippen molar-refractivity contribution in [3.63, 3.8) is 0 Å². The fraction of sp³-hybridized carbons (Fsp3) is 0.800. The zero-order valence-electron chi connectivity index (χ0n) is 9.70. The molecule has 6 heteroatoms. The maximum absolute atomic E-state index is 5.52. The molecule has 0 aliphatic rings. The van der Waals surface area contributed by atoms with Crippen LogP contribution in [0.5, 0.6) is 0 Å². The van der Waals surface area contributed by atoms with Crippen molar-refractivity contribution in [2.45, 2.75) is 26.1 Å². The number of alkyl halides is 1. The Morgan fingerprint density at radius 1 is 1.38 bits per heavy atom. The lowest BCUT2D eigenvalue weighted by atomic mass is 10.1. The molecular formula is C10H18ClN3O2. The Kier molecular flexibility index (Phi) is 6.18. The number of hydrogen-bond acceptors (Lipinski definition) is 5. The molecule has 0 spiro atoms. The molecular weight excluding hydrogens is 230 g/mol. The minimum atomic E-state index is 0.236. The van der Waals surface area contributed by atoms with Gasteiger partial charge in [0, 0.05) is 13.2 Å². The van der Waals surface area contributed by atoms with Crippen LogP contribution in [0.1, 0.15) is 26.2 Å². The summed E-state index contributed by atoms with van der Waals surface area (Å²) in [4.78, 5) is 0. The third kappa shape index (κ3) is 5.32. The van der Waals surface area contributed by atoms with Crippen molar-refractivity contribution in [3.05, 3.63) is 5.89 Å². The third-order valence-corrected chi connectivity index (χ3v) is 2.17. The van der Waals surface area contributed by atoms with Crippen molar-refractivity contribution < 1.29 is 9.15 Å². The smallest absolute Gasteiger partial charge is 0.315 e. The van der Waals surface area contributed by atoms with Crippen LogP contribution in [0.15, 0.2) is 4.42 Å². The van der Waals surface area contributed by atoms with Gasteiger partial charge in [0.05, 0.1) is 6.61 Å². The van der Waals surface area contributed by atoms with Gasteiger partial charge in [-0.15, -0.1) is 16.7 Å². The van der Waals surface area contributed by atoms with E-state index in [1.165, 1.54) is 0 Å². The molecule has 16 heavy (non-hydrogen) atoms. The number of aromatic nitrogens is 2. The van der Waals surface area contributed by atoms with Crippen LogP contribution in [-0.4, -0.2) is 30.0 Å². The first-order valence-electron chi connectivity index (χ1n) is 5.42. The molecule has 0 aliphatic heterocycles. The van der Waals surface area contributed by atoms with Gasteiger partial charge in [0.1, 0.15) is 5.88 Å². The largest absolute Gasteiger partial charge is 0.407 e. The van der Waals surface area contributed by atoms with E-state index in [0.717, 1.165) is 13.0 Å². The van der Waals surface area contributed by atoms with Crippen molar-refractivity contribution >= 4 is 17.6 Å². The van der Waals surface area contributed by atoms with Gasteiger partial charge in [-0.3, -0.25) is 0 Å². The predicted molar refractivity (Wildman–Crippen MR) is 62.6 cm³/mol. The van der Waals surface area contributed by atoms with Gasteiger partial charge in [0.2, 0.25) is 5.89 Å². The summed E-state index contributed by atoms with van der Waals surface area (Å²) in [5, 5.41) is 10.4. The van der Waals surface area contributed by atoms with E-state index < -0.39 is 0 Å². The number of anilines is 1. The van der Waals surface area contributed by atoms with E-state index in [0.29, 0.717) is 31.0 Å². The van der Waals surface area contributed by atoms with Crippen LogP contribution in [0.2, 0.25) is 0 Å². The Morgan fingerprint density at radius 2 is 2.19 bits per heavy atom. The van der Waals surface area contributed by atoms with Crippen LogP contribution < -0.4 is 5.32 Å². The lowest BCUT2D eigenvalue weighted by Crippen LogP contribution is -2.11. The van der Waals surface area contributed by atoms with Crippen molar-refractivity contribution in [3.8, 4) is 0 Å². The quantitative estimate of drug-likeness (QED) is 0.564. The summed E-state index contributed by atoms with van der Waals surface area (Å²) in [5.41, 5.74) is 0. The van der Waals surface area contributed by atoms with Crippen molar-refractivity contribution in [2.75, 3.05) is 25.1 Å². The van der Waals surface area contributed by atoms with Crippen LogP contribution in [0, 0.1) is 5.92 Å². The first kappa shape index (κ1) is 13.3. The number of halogens is 1.